The van der Waals surface area contributed by atoms with Gasteiger partial charge in [0.1, 0.15) is 17.7 Å². The highest BCUT2D eigenvalue weighted by molar-refractivity contribution is 9.10. The van der Waals surface area contributed by atoms with Crippen molar-refractivity contribution in [3.05, 3.63) is 22.8 Å². The van der Waals surface area contributed by atoms with E-state index in [4.69, 9.17) is 4.74 Å². The molecular weight excluding hydrogens is 324 g/mol. The lowest BCUT2D eigenvalue weighted by Gasteiger charge is -2.23. The molecule has 1 saturated heterocycles. The van der Waals surface area contributed by atoms with Crippen LogP contribution in [0, 0.1) is 0 Å². The molecule has 2 heterocycles. The number of halogens is 2. The van der Waals surface area contributed by atoms with Crippen LogP contribution in [-0.2, 0) is 4.74 Å². The molecule has 0 atom stereocenters. The average Bonchev–Trinajstić information content (AvgIpc) is 2.30. The second-order valence-corrected chi connectivity index (χ2v) is 5.69. The van der Waals surface area contributed by atoms with Crippen LogP contribution in [-0.4, -0.2) is 43.6 Å². The summed E-state index contributed by atoms with van der Waals surface area (Å²) in [7, 11) is 0. The van der Waals surface area contributed by atoms with Gasteiger partial charge in [0.15, 0.2) is 0 Å². The molecular formula is C11H16BrClN2OS. The van der Waals surface area contributed by atoms with Gasteiger partial charge in [0.25, 0.3) is 0 Å². The number of hydrogen-bond donors (Lipinski definition) is 1. The van der Waals surface area contributed by atoms with Crippen LogP contribution in [0.2, 0.25) is 0 Å². The van der Waals surface area contributed by atoms with Crippen molar-refractivity contribution in [2.75, 3.05) is 38.6 Å². The minimum absolute atomic E-state index is 0. The summed E-state index contributed by atoms with van der Waals surface area (Å²) < 4.78 is 6.25. The smallest absolute Gasteiger partial charge is 0.107 e. The lowest BCUT2D eigenvalue weighted by Crippen LogP contribution is -3.14. The fraction of sp³-hybridized carbons (Fsp3) is 0.545. The minimum Gasteiger partial charge on any atom is -1.00 e. The molecule has 0 saturated carbocycles. The average molecular weight is 340 g/mol. The third kappa shape index (κ3) is 5.57. The van der Waals surface area contributed by atoms with Crippen LogP contribution in [0.1, 0.15) is 0 Å². The summed E-state index contributed by atoms with van der Waals surface area (Å²) in [5.74, 6) is 1.12. The number of hydrogen-bond acceptors (Lipinski definition) is 3. The molecule has 96 valence electrons. The third-order valence-corrected chi connectivity index (χ3v) is 3.97. The number of quaternary nitrogens is 1. The van der Waals surface area contributed by atoms with E-state index in [1.165, 1.54) is 6.54 Å². The van der Waals surface area contributed by atoms with Crippen molar-refractivity contribution in [2.45, 2.75) is 5.03 Å². The van der Waals surface area contributed by atoms with E-state index >= 15 is 0 Å². The first-order chi connectivity index (χ1) is 7.84. The molecule has 1 aliphatic rings. The van der Waals surface area contributed by atoms with Crippen LogP contribution in [0.3, 0.4) is 0 Å². The number of pyridine rings is 1. The summed E-state index contributed by atoms with van der Waals surface area (Å²) in [6, 6.07) is 6.04. The minimum atomic E-state index is 0. The van der Waals surface area contributed by atoms with Gasteiger partial charge in [-0.15, -0.1) is 11.8 Å². The summed E-state index contributed by atoms with van der Waals surface area (Å²) in [4.78, 5) is 6.05. The number of rotatable bonds is 4. The highest BCUT2D eigenvalue weighted by Crippen LogP contribution is 2.16. The van der Waals surface area contributed by atoms with Crippen LogP contribution < -0.4 is 17.3 Å². The van der Waals surface area contributed by atoms with Gasteiger partial charge in [-0.3, -0.25) is 0 Å². The van der Waals surface area contributed by atoms with E-state index in [1.807, 2.05) is 23.9 Å². The van der Waals surface area contributed by atoms with E-state index in [9.17, 15) is 0 Å². The van der Waals surface area contributed by atoms with Gasteiger partial charge in [0, 0.05) is 5.75 Å². The number of ether oxygens (including phenoxy) is 1. The van der Waals surface area contributed by atoms with Crippen LogP contribution in [0.25, 0.3) is 0 Å². The highest BCUT2D eigenvalue weighted by Gasteiger charge is 2.13. The monoisotopic (exact) mass is 338 g/mol. The predicted molar refractivity (Wildman–Crippen MR) is 69.0 cm³/mol. The SMILES string of the molecule is Brc1cccc(SCC[NH+]2CCOCC2)n1.[Cl-]. The Balaban J connectivity index is 0.00000144. The molecule has 0 bridgehead atoms. The maximum Gasteiger partial charge on any atom is 0.107 e. The lowest BCUT2D eigenvalue weighted by atomic mass is 10.4. The molecule has 1 aliphatic heterocycles. The van der Waals surface area contributed by atoms with E-state index in [1.54, 1.807) is 4.90 Å². The molecule has 6 heteroatoms. The van der Waals surface area contributed by atoms with Gasteiger partial charge in [-0.1, -0.05) is 6.07 Å². The molecule has 1 aromatic rings. The van der Waals surface area contributed by atoms with E-state index in [0.717, 1.165) is 41.7 Å². The van der Waals surface area contributed by atoms with Crippen molar-refractivity contribution in [1.29, 1.82) is 0 Å². The molecule has 1 N–H and O–H groups in total. The highest BCUT2D eigenvalue weighted by atomic mass is 79.9. The molecule has 1 fully saturated rings. The van der Waals surface area contributed by atoms with Crippen molar-refractivity contribution in [1.82, 2.24) is 4.98 Å². The molecule has 17 heavy (non-hydrogen) atoms. The second kappa shape index (κ2) is 8.32. The van der Waals surface area contributed by atoms with E-state index in [0.29, 0.717) is 0 Å². The molecule has 2 rings (SSSR count). The second-order valence-electron chi connectivity index (χ2n) is 3.76. The Bertz CT molecular complexity index is 337. The van der Waals surface area contributed by atoms with Gasteiger partial charge in [-0.25, -0.2) is 4.98 Å². The molecule has 0 unspecified atom stereocenters. The van der Waals surface area contributed by atoms with Crippen LogP contribution in [0.15, 0.2) is 27.8 Å². The Morgan fingerprint density at radius 3 is 2.82 bits per heavy atom. The number of nitrogens with zero attached hydrogens (tertiary/aromatic N) is 1. The van der Waals surface area contributed by atoms with Crippen molar-refractivity contribution in [3.8, 4) is 0 Å². The Hall–Kier alpha value is 0.190. The molecule has 0 aliphatic carbocycles. The van der Waals surface area contributed by atoms with Gasteiger partial charge >= 0.3 is 0 Å². The maximum absolute atomic E-state index is 5.33. The molecule has 0 aromatic carbocycles. The van der Waals surface area contributed by atoms with Crippen molar-refractivity contribution in [3.63, 3.8) is 0 Å². The zero-order valence-corrected chi connectivity index (χ0v) is 12.7. The third-order valence-electron chi connectivity index (χ3n) is 2.60. The van der Waals surface area contributed by atoms with Crippen LogP contribution in [0.5, 0.6) is 0 Å². The van der Waals surface area contributed by atoms with E-state index < -0.39 is 0 Å². The molecule has 0 spiro atoms. The first-order valence-electron chi connectivity index (χ1n) is 5.51. The normalized spacial score (nSPS) is 16.5. The Kier molecular flexibility index (Phi) is 7.46. The first kappa shape index (κ1) is 15.2. The molecule has 0 amide bonds. The van der Waals surface area contributed by atoms with Crippen molar-refractivity contribution >= 4 is 27.7 Å². The fourth-order valence-corrected chi connectivity index (χ4v) is 3.08. The summed E-state index contributed by atoms with van der Waals surface area (Å²) in [5.41, 5.74) is 0. The molecule has 1 aromatic heterocycles. The molecule has 3 nitrogen and oxygen atoms in total. The predicted octanol–water partition coefficient (Wildman–Crippen LogP) is -2.14. The topological polar surface area (TPSA) is 26.6 Å². The number of nitrogens with one attached hydrogen (secondary N) is 1. The Labute approximate surface area is 121 Å². The van der Waals surface area contributed by atoms with Gasteiger partial charge in [0.2, 0.25) is 0 Å². The van der Waals surface area contributed by atoms with Crippen LogP contribution in [0.4, 0.5) is 0 Å². The lowest BCUT2D eigenvalue weighted by molar-refractivity contribution is -0.905. The van der Waals surface area contributed by atoms with Gasteiger partial charge in [0.05, 0.1) is 24.8 Å². The van der Waals surface area contributed by atoms with E-state index in [2.05, 4.69) is 27.0 Å². The standard InChI is InChI=1S/C11H15BrN2OS.ClH/c12-10-2-1-3-11(13-10)16-9-6-14-4-7-15-8-5-14;/h1-3H,4-9H2;1H. The zero-order chi connectivity index (χ0) is 11.2. The summed E-state index contributed by atoms with van der Waals surface area (Å²) in [6.07, 6.45) is 0. The van der Waals surface area contributed by atoms with Gasteiger partial charge < -0.3 is 22.0 Å². The summed E-state index contributed by atoms with van der Waals surface area (Å²) in [6.45, 7) is 5.31. The fourth-order valence-electron chi connectivity index (χ4n) is 1.68. The summed E-state index contributed by atoms with van der Waals surface area (Å²) in [5, 5.41) is 1.10. The Morgan fingerprint density at radius 2 is 2.12 bits per heavy atom. The Morgan fingerprint density at radius 1 is 1.35 bits per heavy atom. The number of aromatic nitrogens is 1. The quantitative estimate of drug-likeness (QED) is 0.501. The van der Waals surface area contributed by atoms with Gasteiger partial charge in [-0.2, -0.15) is 0 Å². The van der Waals surface area contributed by atoms with Crippen molar-refractivity contribution in [2.24, 2.45) is 0 Å². The van der Waals surface area contributed by atoms with E-state index in [-0.39, 0.29) is 12.4 Å². The van der Waals surface area contributed by atoms with Crippen molar-refractivity contribution < 1.29 is 22.0 Å². The number of thioether (sulfide) groups is 1. The summed E-state index contributed by atoms with van der Waals surface area (Å²) >= 11 is 5.21. The zero-order valence-electron chi connectivity index (χ0n) is 9.49. The largest absolute Gasteiger partial charge is 1.00 e. The maximum atomic E-state index is 5.33. The first-order valence-corrected chi connectivity index (χ1v) is 7.29. The molecule has 0 radical (unpaired) electrons. The number of morpholine rings is 1. The van der Waals surface area contributed by atoms with Crippen LogP contribution >= 0.6 is 27.7 Å². The van der Waals surface area contributed by atoms with Gasteiger partial charge in [-0.05, 0) is 28.1 Å².